The molecule has 4 atom stereocenters. The van der Waals surface area contributed by atoms with Gasteiger partial charge in [-0.25, -0.2) is 19.2 Å². The average molecular weight is 470 g/mol. The van der Waals surface area contributed by atoms with Crippen LogP contribution in [0.4, 0.5) is 15.0 Å². The Labute approximate surface area is 201 Å². The van der Waals surface area contributed by atoms with Crippen LogP contribution in [-0.2, 0) is 5.41 Å². The van der Waals surface area contributed by atoms with Crippen molar-refractivity contribution in [1.82, 2.24) is 25.5 Å². The summed E-state index contributed by atoms with van der Waals surface area (Å²) in [5, 5.41) is 10.2. The van der Waals surface area contributed by atoms with Crippen molar-refractivity contribution in [2.45, 2.75) is 31.2 Å². The molecule has 9 heteroatoms. The summed E-state index contributed by atoms with van der Waals surface area (Å²) in [5.41, 5.74) is 4.29. The standard InChI is InChI=1S/C26H24FN7O/c1-2-26(16-5-3-4-6-18(16)27)15-9-10-34(13-17(15)26)21-12-28-23-22(32-33-24(23)31-21)14-7-8-19-20(11-14)30-25(35)29-19/h3-8,11-12,15,17,19H,2,9-10,13H2,1H3,(H,29,35)(H,31,32,33)/t15-,17+,19?,26-/m1/s1. The van der Waals surface area contributed by atoms with Crippen molar-refractivity contribution in [3.63, 3.8) is 0 Å². The number of nitrogens with one attached hydrogen (secondary N) is 2. The first-order chi connectivity index (χ1) is 17.1. The summed E-state index contributed by atoms with van der Waals surface area (Å²) in [6.07, 6.45) is 9.45. The predicted molar refractivity (Wildman–Crippen MR) is 131 cm³/mol. The Morgan fingerprint density at radius 1 is 1.26 bits per heavy atom. The lowest BCUT2D eigenvalue weighted by Crippen LogP contribution is -2.32. The molecule has 0 spiro atoms. The average Bonchev–Trinajstić information content (AvgIpc) is 3.12. The molecule has 176 valence electrons. The number of aromatic amines is 1. The molecule has 1 unspecified atom stereocenters. The summed E-state index contributed by atoms with van der Waals surface area (Å²) < 4.78 is 14.7. The smallest absolute Gasteiger partial charge is 0.342 e. The maximum Gasteiger partial charge on any atom is 0.342 e. The molecular formula is C26H24FN7O. The van der Waals surface area contributed by atoms with Crippen molar-refractivity contribution in [1.29, 1.82) is 0 Å². The Morgan fingerprint density at radius 3 is 3.00 bits per heavy atom. The minimum absolute atomic E-state index is 0.0893. The number of amides is 2. The van der Waals surface area contributed by atoms with E-state index < -0.39 is 0 Å². The van der Waals surface area contributed by atoms with Gasteiger partial charge in [0, 0.05) is 24.1 Å². The summed E-state index contributed by atoms with van der Waals surface area (Å²) in [6.45, 7) is 3.87. The summed E-state index contributed by atoms with van der Waals surface area (Å²) >= 11 is 0. The van der Waals surface area contributed by atoms with E-state index in [9.17, 15) is 9.18 Å². The Morgan fingerprint density at radius 2 is 2.14 bits per heavy atom. The first-order valence-corrected chi connectivity index (χ1v) is 12.1. The van der Waals surface area contributed by atoms with Crippen LogP contribution in [0.1, 0.15) is 31.0 Å². The number of rotatable bonds is 4. The van der Waals surface area contributed by atoms with Crippen molar-refractivity contribution in [2.24, 2.45) is 16.8 Å². The highest BCUT2D eigenvalue weighted by atomic mass is 19.1. The molecular weight excluding hydrogens is 445 g/mol. The molecule has 4 heterocycles. The molecule has 4 aliphatic rings. The van der Waals surface area contributed by atoms with Gasteiger partial charge in [-0.05, 0) is 42.4 Å². The number of urea groups is 1. The van der Waals surface area contributed by atoms with Gasteiger partial charge in [-0.1, -0.05) is 37.3 Å². The Kier molecular flexibility index (Phi) is 4.28. The molecule has 3 aromatic rings. The highest BCUT2D eigenvalue weighted by Crippen LogP contribution is 2.65. The molecule has 1 saturated carbocycles. The van der Waals surface area contributed by atoms with Crippen molar-refractivity contribution in [3.8, 4) is 0 Å². The van der Waals surface area contributed by atoms with Gasteiger partial charge >= 0.3 is 6.03 Å². The fraction of sp³-hybridized carbons (Fsp3) is 0.346. The van der Waals surface area contributed by atoms with Crippen molar-refractivity contribution in [3.05, 3.63) is 65.8 Å². The van der Waals surface area contributed by atoms with Crippen LogP contribution in [0.3, 0.4) is 0 Å². The zero-order valence-electron chi connectivity index (χ0n) is 19.2. The number of allylic oxidation sites excluding steroid dienone is 2. The number of piperidine rings is 1. The van der Waals surface area contributed by atoms with Gasteiger partial charge < -0.3 is 10.2 Å². The molecule has 1 aromatic carbocycles. The van der Waals surface area contributed by atoms with Crippen LogP contribution in [0, 0.1) is 17.7 Å². The van der Waals surface area contributed by atoms with E-state index in [0.29, 0.717) is 28.7 Å². The third-order valence-electron chi connectivity index (χ3n) is 8.25. The van der Waals surface area contributed by atoms with Gasteiger partial charge in [0.25, 0.3) is 0 Å². The van der Waals surface area contributed by atoms with Gasteiger partial charge in [0.1, 0.15) is 17.2 Å². The SMILES string of the molecule is CC[C@]1(c2ccccc2F)[C@@H]2CCN(c3cnc4c(C5=CC6=NC(=O)NC6C=C5)[nH]nc4n3)C[C@@H]21. The number of aliphatic imine (C=N–C) groups is 1. The van der Waals surface area contributed by atoms with Gasteiger partial charge in [-0.15, -0.1) is 0 Å². The summed E-state index contributed by atoms with van der Waals surface area (Å²) in [5.74, 6) is 1.60. The molecule has 2 N–H and O–H groups in total. The van der Waals surface area contributed by atoms with Crippen LogP contribution >= 0.6 is 0 Å². The van der Waals surface area contributed by atoms with E-state index in [-0.39, 0.29) is 23.3 Å². The maximum absolute atomic E-state index is 14.7. The molecule has 2 fully saturated rings. The molecule has 2 amide bonds. The second kappa shape index (κ2) is 7.31. The van der Waals surface area contributed by atoms with Crippen LogP contribution in [-0.4, -0.2) is 51.0 Å². The van der Waals surface area contributed by atoms with Gasteiger partial charge in [-0.3, -0.25) is 5.10 Å². The molecule has 0 radical (unpaired) electrons. The van der Waals surface area contributed by atoms with Crippen molar-refractivity contribution >= 4 is 34.3 Å². The molecule has 8 nitrogen and oxygen atoms in total. The Bertz CT molecular complexity index is 1470. The number of hydrogen-bond donors (Lipinski definition) is 2. The number of benzene rings is 1. The van der Waals surface area contributed by atoms with E-state index in [1.165, 1.54) is 0 Å². The van der Waals surface area contributed by atoms with Crippen molar-refractivity contribution in [2.75, 3.05) is 18.0 Å². The van der Waals surface area contributed by atoms with Crippen LogP contribution in [0.5, 0.6) is 0 Å². The third-order valence-corrected chi connectivity index (χ3v) is 8.25. The second-order valence-corrected chi connectivity index (χ2v) is 9.74. The van der Waals surface area contributed by atoms with Gasteiger partial charge in [0.2, 0.25) is 5.65 Å². The molecule has 2 aliphatic heterocycles. The molecule has 2 aromatic heterocycles. The Hall–Kier alpha value is -3.88. The van der Waals surface area contributed by atoms with E-state index >= 15 is 0 Å². The number of hydrogen-bond acceptors (Lipinski definition) is 5. The first-order valence-electron chi connectivity index (χ1n) is 12.1. The topological polar surface area (TPSA) is 99.2 Å². The van der Waals surface area contributed by atoms with E-state index in [4.69, 9.17) is 9.97 Å². The highest BCUT2D eigenvalue weighted by Gasteiger charge is 2.65. The number of aromatic nitrogens is 4. The normalized spacial score (nSPS) is 28.9. The summed E-state index contributed by atoms with van der Waals surface area (Å²) in [6, 6.07) is 6.73. The molecule has 0 bridgehead atoms. The van der Waals surface area contributed by atoms with Gasteiger partial charge in [0.05, 0.1) is 23.6 Å². The highest BCUT2D eigenvalue weighted by molar-refractivity contribution is 6.17. The number of carbonyl (C=O) groups excluding carboxylic acids is 1. The second-order valence-electron chi connectivity index (χ2n) is 9.74. The lowest BCUT2D eigenvalue weighted by Gasteiger charge is -2.26. The van der Waals surface area contributed by atoms with Crippen molar-refractivity contribution < 1.29 is 9.18 Å². The fourth-order valence-electron chi connectivity index (χ4n) is 6.54. The largest absolute Gasteiger partial charge is 0.355 e. The zero-order chi connectivity index (χ0) is 23.7. The number of anilines is 1. The number of nitrogens with zero attached hydrogens (tertiary/aromatic N) is 5. The summed E-state index contributed by atoms with van der Waals surface area (Å²) in [7, 11) is 0. The minimum atomic E-state index is -0.326. The van der Waals surface area contributed by atoms with Crippen LogP contribution in [0.15, 0.2) is 53.7 Å². The Balaban J connectivity index is 1.16. The molecule has 2 aliphatic carbocycles. The minimum Gasteiger partial charge on any atom is -0.355 e. The van der Waals surface area contributed by atoms with Gasteiger partial charge in [-0.2, -0.15) is 10.1 Å². The predicted octanol–water partition coefficient (Wildman–Crippen LogP) is 3.78. The van der Waals surface area contributed by atoms with E-state index in [1.54, 1.807) is 18.3 Å². The number of H-pyrrole nitrogens is 1. The fourth-order valence-corrected chi connectivity index (χ4v) is 6.54. The quantitative estimate of drug-likeness (QED) is 0.606. The third kappa shape index (κ3) is 2.93. The lowest BCUT2D eigenvalue weighted by atomic mass is 9.88. The molecule has 7 rings (SSSR count). The monoisotopic (exact) mass is 469 g/mol. The number of halogens is 1. The van der Waals surface area contributed by atoms with Crippen LogP contribution in [0.2, 0.25) is 0 Å². The van der Waals surface area contributed by atoms with E-state index in [2.05, 4.69) is 32.3 Å². The van der Waals surface area contributed by atoms with E-state index in [1.807, 2.05) is 30.4 Å². The molecule has 35 heavy (non-hydrogen) atoms. The van der Waals surface area contributed by atoms with Gasteiger partial charge in [0.15, 0.2) is 0 Å². The number of fused-ring (bicyclic) bond motifs is 3. The number of carbonyl (C=O) groups is 1. The zero-order valence-corrected chi connectivity index (χ0v) is 19.2. The first kappa shape index (κ1) is 20.5. The molecule has 1 saturated heterocycles. The van der Waals surface area contributed by atoms with E-state index in [0.717, 1.165) is 48.6 Å². The maximum atomic E-state index is 14.7. The van der Waals surface area contributed by atoms with Crippen LogP contribution in [0.25, 0.3) is 16.7 Å². The van der Waals surface area contributed by atoms with Crippen LogP contribution < -0.4 is 10.2 Å². The summed E-state index contributed by atoms with van der Waals surface area (Å²) in [4.78, 5) is 27.4. The lowest BCUT2D eigenvalue weighted by molar-refractivity contribution is 0.251.